The van der Waals surface area contributed by atoms with Gasteiger partial charge >= 0.3 is 6.09 Å². The Kier molecular flexibility index (Phi) is 9.44. The Balaban J connectivity index is 1.56. The number of aryl methyl sites for hydroxylation is 1. The average molecular weight is 609 g/mol. The molecular weight excluding hydrogens is 572 g/mol. The van der Waals surface area contributed by atoms with Crippen LogP contribution in [0.4, 0.5) is 4.79 Å². The molecule has 11 nitrogen and oxygen atoms in total. The highest BCUT2D eigenvalue weighted by Gasteiger charge is 2.22. The van der Waals surface area contributed by atoms with E-state index in [1.165, 1.54) is 11.0 Å². The van der Waals surface area contributed by atoms with Crippen LogP contribution >= 0.6 is 11.6 Å². The van der Waals surface area contributed by atoms with Gasteiger partial charge in [-0.2, -0.15) is 5.10 Å². The largest absolute Gasteiger partial charge is 0.504 e. The second-order valence-corrected chi connectivity index (χ2v) is 11.7. The predicted molar refractivity (Wildman–Crippen MR) is 164 cm³/mol. The van der Waals surface area contributed by atoms with E-state index in [2.05, 4.69) is 15.1 Å². The Labute approximate surface area is 256 Å². The number of ether oxygens (including phenoxy) is 2. The molecule has 0 aliphatic rings. The summed E-state index contributed by atoms with van der Waals surface area (Å²) in [6, 6.07) is 9.87. The molecule has 0 saturated carbocycles. The molecule has 0 saturated heterocycles. The maximum atomic E-state index is 13.7. The lowest BCUT2D eigenvalue weighted by molar-refractivity contribution is 0.0278. The van der Waals surface area contributed by atoms with Crippen molar-refractivity contribution in [2.45, 2.75) is 53.3 Å². The van der Waals surface area contributed by atoms with Gasteiger partial charge in [0.1, 0.15) is 17.9 Å². The van der Waals surface area contributed by atoms with Crippen LogP contribution in [0.15, 0.2) is 42.6 Å². The van der Waals surface area contributed by atoms with Gasteiger partial charge in [0.15, 0.2) is 17.3 Å². The fraction of sp³-hybridized carbons (Fsp3) is 0.387. The van der Waals surface area contributed by atoms with Crippen molar-refractivity contribution in [2.75, 3.05) is 27.2 Å². The number of nitrogens with zero attached hydrogens (tertiary/aromatic N) is 6. The van der Waals surface area contributed by atoms with E-state index in [0.717, 1.165) is 17.8 Å². The summed E-state index contributed by atoms with van der Waals surface area (Å²) in [7, 11) is 3.32. The Bertz CT molecular complexity index is 1650. The molecule has 1 N–H and O–H groups in total. The molecule has 0 radical (unpaired) electrons. The molecule has 2 aromatic carbocycles. The molecule has 228 valence electrons. The van der Waals surface area contributed by atoms with Crippen LogP contribution in [0.1, 0.15) is 49.4 Å². The second-order valence-electron chi connectivity index (χ2n) is 11.2. The molecule has 4 aromatic rings. The molecule has 0 unspecified atom stereocenters. The number of rotatable bonds is 9. The van der Waals surface area contributed by atoms with Crippen molar-refractivity contribution in [3.63, 3.8) is 0 Å². The van der Waals surface area contributed by atoms with Crippen LogP contribution in [0.25, 0.3) is 22.3 Å². The summed E-state index contributed by atoms with van der Waals surface area (Å²) in [5, 5.41) is 16.1. The molecule has 0 aliphatic carbocycles. The minimum absolute atomic E-state index is 0.134. The number of amides is 2. The van der Waals surface area contributed by atoms with Gasteiger partial charge in [0, 0.05) is 54.4 Å². The number of benzene rings is 2. The van der Waals surface area contributed by atoms with Crippen molar-refractivity contribution in [3.8, 4) is 22.9 Å². The number of aromatic hydroxyl groups is 1. The van der Waals surface area contributed by atoms with Crippen molar-refractivity contribution in [3.05, 3.63) is 64.6 Å². The minimum Gasteiger partial charge on any atom is -0.504 e. The molecule has 0 spiro atoms. The highest BCUT2D eigenvalue weighted by molar-refractivity contribution is 6.31. The summed E-state index contributed by atoms with van der Waals surface area (Å²) in [5.74, 6) is 0.0458. The van der Waals surface area contributed by atoms with E-state index in [4.69, 9.17) is 21.1 Å². The summed E-state index contributed by atoms with van der Waals surface area (Å²) in [5.41, 5.74) is 2.54. The third kappa shape index (κ3) is 7.53. The standard InChI is InChI=1S/C31H37ClN6O5/c1-8-38-19(2)21(17-33-38)18-37(7)29(40)27-23-16-22(32)10-11-24(23)34-28(35-27)20-9-12-26(25(39)15-20)42-14-13-36(6)30(41)43-31(3,4)5/h9-12,15-17,39H,8,13-14,18H2,1-7H3. The second kappa shape index (κ2) is 12.9. The predicted octanol–water partition coefficient (Wildman–Crippen LogP) is 5.70. The first kappa shape index (κ1) is 31.6. The fourth-order valence-electron chi connectivity index (χ4n) is 4.36. The summed E-state index contributed by atoms with van der Waals surface area (Å²) in [4.78, 5) is 38.1. The van der Waals surface area contributed by atoms with Gasteiger partial charge in [-0.05, 0) is 71.0 Å². The van der Waals surface area contributed by atoms with Crippen LogP contribution in [-0.2, 0) is 17.8 Å². The Hall–Kier alpha value is -4.38. The maximum Gasteiger partial charge on any atom is 0.410 e. The van der Waals surface area contributed by atoms with Crippen molar-refractivity contribution in [1.82, 2.24) is 29.5 Å². The van der Waals surface area contributed by atoms with E-state index in [-0.39, 0.29) is 42.1 Å². The number of halogens is 1. The van der Waals surface area contributed by atoms with Crippen molar-refractivity contribution in [2.24, 2.45) is 0 Å². The van der Waals surface area contributed by atoms with Crippen molar-refractivity contribution >= 4 is 34.5 Å². The minimum atomic E-state index is -0.602. The smallest absolute Gasteiger partial charge is 0.410 e. The van der Waals surface area contributed by atoms with E-state index in [1.54, 1.807) is 76.3 Å². The van der Waals surface area contributed by atoms with Crippen LogP contribution in [0.2, 0.25) is 5.02 Å². The van der Waals surface area contributed by atoms with Crippen LogP contribution in [0.5, 0.6) is 11.5 Å². The molecule has 2 amide bonds. The van der Waals surface area contributed by atoms with Gasteiger partial charge < -0.3 is 24.4 Å². The lowest BCUT2D eigenvalue weighted by Crippen LogP contribution is -2.36. The van der Waals surface area contributed by atoms with Crippen LogP contribution in [-0.4, -0.2) is 79.5 Å². The highest BCUT2D eigenvalue weighted by Crippen LogP contribution is 2.32. The number of phenolic OH excluding ortho intramolecular Hbond substituents is 1. The zero-order chi connectivity index (χ0) is 31.5. The van der Waals surface area contributed by atoms with Gasteiger partial charge in [-0.15, -0.1) is 0 Å². The third-order valence-corrected chi connectivity index (χ3v) is 6.96. The molecule has 0 fully saturated rings. The van der Waals surface area contributed by atoms with Gasteiger partial charge in [0.25, 0.3) is 5.91 Å². The van der Waals surface area contributed by atoms with E-state index in [1.807, 2.05) is 18.5 Å². The average Bonchev–Trinajstić information content (AvgIpc) is 3.30. The van der Waals surface area contributed by atoms with E-state index < -0.39 is 11.7 Å². The Morgan fingerprint density at radius 3 is 2.47 bits per heavy atom. The maximum absolute atomic E-state index is 13.7. The number of aromatic nitrogens is 4. The van der Waals surface area contributed by atoms with Gasteiger partial charge in [-0.3, -0.25) is 9.48 Å². The molecule has 43 heavy (non-hydrogen) atoms. The number of carbonyl (C=O) groups excluding carboxylic acids is 2. The summed E-state index contributed by atoms with van der Waals surface area (Å²) < 4.78 is 12.9. The Morgan fingerprint density at radius 1 is 1.07 bits per heavy atom. The number of likely N-dealkylation sites (N-methyl/N-ethyl adjacent to an activating group) is 1. The van der Waals surface area contributed by atoms with Gasteiger partial charge in [0.2, 0.25) is 0 Å². The van der Waals surface area contributed by atoms with Crippen LogP contribution in [0, 0.1) is 6.92 Å². The van der Waals surface area contributed by atoms with Crippen molar-refractivity contribution < 1.29 is 24.2 Å². The molecule has 2 heterocycles. The first-order chi connectivity index (χ1) is 20.3. The first-order valence-corrected chi connectivity index (χ1v) is 14.3. The lowest BCUT2D eigenvalue weighted by Gasteiger charge is -2.24. The molecule has 4 rings (SSSR count). The number of hydrogen-bond acceptors (Lipinski definition) is 8. The Morgan fingerprint density at radius 2 is 1.81 bits per heavy atom. The van der Waals surface area contributed by atoms with Crippen LogP contribution < -0.4 is 4.74 Å². The topological polar surface area (TPSA) is 123 Å². The normalized spacial score (nSPS) is 11.4. The van der Waals surface area contributed by atoms with E-state index in [0.29, 0.717) is 28.0 Å². The lowest BCUT2D eigenvalue weighted by atomic mass is 10.1. The molecule has 0 bridgehead atoms. The number of phenols is 1. The summed E-state index contributed by atoms with van der Waals surface area (Å²) >= 11 is 6.28. The van der Waals surface area contributed by atoms with Gasteiger partial charge in [-0.1, -0.05) is 11.6 Å². The molecule has 0 atom stereocenters. The van der Waals surface area contributed by atoms with Gasteiger partial charge in [-0.25, -0.2) is 14.8 Å². The van der Waals surface area contributed by atoms with E-state index >= 15 is 0 Å². The molecule has 12 heteroatoms. The molecule has 0 aliphatic heterocycles. The molecule has 2 aromatic heterocycles. The third-order valence-electron chi connectivity index (χ3n) is 6.73. The summed E-state index contributed by atoms with van der Waals surface area (Å²) in [6.45, 7) is 10.9. The quantitative estimate of drug-likeness (QED) is 0.257. The fourth-order valence-corrected chi connectivity index (χ4v) is 4.53. The highest BCUT2D eigenvalue weighted by atomic mass is 35.5. The number of hydrogen-bond donors (Lipinski definition) is 1. The van der Waals surface area contributed by atoms with Crippen molar-refractivity contribution in [1.29, 1.82) is 0 Å². The van der Waals surface area contributed by atoms with Crippen LogP contribution in [0.3, 0.4) is 0 Å². The number of fused-ring (bicyclic) bond motifs is 1. The monoisotopic (exact) mass is 608 g/mol. The summed E-state index contributed by atoms with van der Waals surface area (Å²) in [6.07, 6.45) is 1.30. The zero-order valence-electron chi connectivity index (χ0n) is 25.5. The molecular formula is C31H37ClN6O5. The van der Waals surface area contributed by atoms with E-state index in [9.17, 15) is 14.7 Å². The first-order valence-electron chi connectivity index (χ1n) is 13.9. The number of carbonyl (C=O) groups is 2. The van der Waals surface area contributed by atoms with Gasteiger partial charge in [0.05, 0.1) is 18.3 Å². The SMILES string of the molecule is CCn1ncc(CN(C)C(=O)c2nc(-c3ccc(OCCN(C)C(=O)OC(C)(C)C)c(O)c3)nc3ccc(Cl)cc23)c1C. The zero-order valence-corrected chi connectivity index (χ0v) is 26.3.